The molecule has 0 aliphatic rings. The van der Waals surface area contributed by atoms with Crippen molar-refractivity contribution >= 4 is 44.1 Å². The van der Waals surface area contributed by atoms with Gasteiger partial charge in [0.1, 0.15) is 17.2 Å². The Bertz CT molecular complexity index is 2010. The van der Waals surface area contributed by atoms with Gasteiger partial charge in [0.25, 0.3) is 0 Å². The third kappa shape index (κ3) is 5.34. The van der Waals surface area contributed by atoms with E-state index in [0.29, 0.717) is 34.0 Å². The predicted octanol–water partition coefficient (Wildman–Crippen LogP) is 7.22. The van der Waals surface area contributed by atoms with Crippen molar-refractivity contribution in [2.24, 2.45) is 5.73 Å². The Morgan fingerprint density at radius 3 is 2.57 bits per heavy atom. The van der Waals surface area contributed by atoms with Gasteiger partial charge in [-0.1, -0.05) is 86.2 Å². The number of para-hydroxylation sites is 3. The number of nitrogens with two attached hydrogens (primary N) is 1. The molecule has 0 bridgehead atoms. The molecule has 0 unspecified atom stereocenters. The van der Waals surface area contributed by atoms with E-state index >= 15 is 0 Å². The van der Waals surface area contributed by atoms with Crippen LogP contribution in [0.2, 0.25) is 5.02 Å². The van der Waals surface area contributed by atoms with Gasteiger partial charge in [-0.15, -0.1) is 0 Å². The first kappa shape index (κ1) is 29.5. The summed E-state index contributed by atoms with van der Waals surface area (Å²) in [4.78, 5) is 19.9. The minimum Gasteiger partial charge on any atom is -0.506 e. The summed E-state index contributed by atoms with van der Waals surface area (Å²) in [6.45, 7) is 6.33. The van der Waals surface area contributed by atoms with Gasteiger partial charge < -0.3 is 20.3 Å². The van der Waals surface area contributed by atoms with Crippen LogP contribution in [-0.4, -0.2) is 37.5 Å². The second-order valence-electron chi connectivity index (χ2n) is 11.3. The molecule has 0 saturated heterocycles. The quantitative estimate of drug-likeness (QED) is 0.183. The van der Waals surface area contributed by atoms with Crippen LogP contribution >= 0.6 is 22.9 Å². The van der Waals surface area contributed by atoms with Crippen molar-refractivity contribution in [3.05, 3.63) is 94.9 Å². The molecule has 3 heterocycles. The Balaban J connectivity index is 1.39. The number of phenols is 1. The molecule has 12 heteroatoms. The summed E-state index contributed by atoms with van der Waals surface area (Å²) in [7, 11) is 1.63. The molecule has 0 atom stereocenters. The third-order valence-corrected chi connectivity index (χ3v) is 8.51. The van der Waals surface area contributed by atoms with E-state index in [4.69, 9.17) is 36.9 Å². The van der Waals surface area contributed by atoms with E-state index < -0.39 is 11.4 Å². The molecule has 6 aromatic rings. The first-order valence-corrected chi connectivity index (χ1v) is 15.0. The Kier molecular flexibility index (Phi) is 7.70. The minimum absolute atomic E-state index is 0.0441. The average Bonchev–Trinajstić information content (AvgIpc) is 3.67. The van der Waals surface area contributed by atoms with Gasteiger partial charge in [0.2, 0.25) is 5.88 Å². The smallest absolute Gasteiger partial charge is 0.335 e. The molecule has 10 nitrogen and oxygen atoms in total. The molecule has 0 aliphatic carbocycles. The highest BCUT2D eigenvalue weighted by Gasteiger charge is 2.28. The number of hydrogen-bond donors (Lipinski definition) is 2. The summed E-state index contributed by atoms with van der Waals surface area (Å²) in [6.07, 6.45) is 1.67. The molecule has 0 radical (unpaired) electrons. The van der Waals surface area contributed by atoms with Crippen LogP contribution in [0.25, 0.3) is 26.3 Å². The zero-order valence-corrected chi connectivity index (χ0v) is 26.2. The lowest BCUT2D eigenvalue weighted by Crippen LogP contribution is -2.44. The fourth-order valence-corrected chi connectivity index (χ4v) is 6.33. The molecular weight excluding hydrogens is 600 g/mol. The van der Waals surface area contributed by atoms with Crippen LogP contribution in [0, 0.1) is 0 Å². The molecular formula is C32H31ClN6O4S. The van der Waals surface area contributed by atoms with Crippen molar-refractivity contribution in [2.45, 2.75) is 39.3 Å². The number of nitrogens with zero attached hydrogens (tertiary/aromatic N) is 5. The molecule has 44 heavy (non-hydrogen) atoms. The van der Waals surface area contributed by atoms with Crippen LogP contribution in [0.15, 0.2) is 72.9 Å². The summed E-state index contributed by atoms with van der Waals surface area (Å²) in [5, 5.41) is 17.0. The monoisotopic (exact) mass is 630 g/mol. The maximum absolute atomic E-state index is 12.9. The number of carbonyl (C=O) groups is 1. The predicted molar refractivity (Wildman–Crippen MR) is 172 cm³/mol. The SMILES string of the molecule is COCc1c(Oc2ccccc2CN(C(N)=O)n2cc(-c3cccc(Cl)c3O)c(C(C)(C)C)n2)nc2sc3ccccc3n12. The highest BCUT2D eigenvalue weighted by Crippen LogP contribution is 2.40. The number of primary amides is 1. The second kappa shape index (κ2) is 11.5. The van der Waals surface area contributed by atoms with Gasteiger partial charge in [-0.05, 0) is 24.3 Å². The van der Waals surface area contributed by atoms with E-state index in [0.717, 1.165) is 20.9 Å². The van der Waals surface area contributed by atoms with Gasteiger partial charge in [0, 0.05) is 29.2 Å². The van der Waals surface area contributed by atoms with Crippen LogP contribution in [0.1, 0.15) is 37.7 Å². The Labute approximate surface area is 262 Å². The fourth-order valence-electron chi connectivity index (χ4n) is 5.12. The maximum Gasteiger partial charge on any atom is 0.335 e. The summed E-state index contributed by atoms with van der Waals surface area (Å²) in [5.41, 5.74) is 9.73. The van der Waals surface area contributed by atoms with Crippen molar-refractivity contribution in [1.82, 2.24) is 19.3 Å². The number of rotatable bonds is 8. The number of hydrogen-bond acceptors (Lipinski definition) is 7. The van der Waals surface area contributed by atoms with E-state index in [1.807, 2.05) is 67.6 Å². The topological polar surface area (TPSA) is 120 Å². The molecule has 0 fully saturated rings. The summed E-state index contributed by atoms with van der Waals surface area (Å²) in [6, 6.07) is 19.8. The molecule has 226 valence electrons. The first-order chi connectivity index (χ1) is 21.1. The number of urea groups is 1. The Hall–Kier alpha value is -4.58. The number of carbonyl (C=O) groups excluding carboxylic acids is 1. The molecule has 3 N–H and O–H groups in total. The largest absolute Gasteiger partial charge is 0.506 e. The van der Waals surface area contributed by atoms with Gasteiger partial charge in [-0.3, -0.25) is 4.40 Å². The van der Waals surface area contributed by atoms with Crippen LogP contribution in [0.5, 0.6) is 17.4 Å². The number of amides is 2. The Morgan fingerprint density at radius 2 is 1.82 bits per heavy atom. The number of phenolic OH excluding ortho intramolecular Hbond substituents is 1. The molecule has 2 amide bonds. The van der Waals surface area contributed by atoms with Crippen LogP contribution in [0.4, 0.5) is 4.79 Å². The lowest BCUT2D eigenvalue weighted by atomic mass is 9.87. The number of imidazole rings is 1. The van der Waals surface area contributed by atoms with E-state index in [9.17, 15) is 9.90 Å². The average molecular weight is 631 g/mol. The van der Waals surface area contributed by atoms with Crippen LogP contribution in [-0.2, 0) is 23.3 Å². The first-order valence-electron chi connectivity index (χ1n) is 13.9. The van der Waals surface area contributed by atoms with E-state index in [1.54, 1.807) is 42.8 Å². The van der Waals surface area contributed by atoms with Gasteiger partial charge in [0.05, 0.1) is 40.3 Å². The zero-order chi connectivity index (χ0) is 31.2. The van der Waals surface area contributed by atoms with Gasteiger partial charge in [-0.2, -0.15) is 14.9 Å². The second-order valence-corrected chi connectivity index (χ2v) is 12.7. The van der Waals surface area contributed by atoms with Crippen LogP contribution < -0.4 is 15.5 Å². The van der Waals surface area contributed by atoms with E-state index in [2.05, 4.69) is 6.07 Å². The zero-order valence-electron chi connectivity index (χ0n) is 24.6. The normalized spacial score (nSPS) is 11.8. The lowest BCUT2D eigenvalue weighted by Gasteiger charge is -2.22. The van der Waals surface area contributed by atoms with Crippen molar-refractivity contribution in [3.8, 4) is 28.5 Å². The summed E-state index contributed by atoms with van der Waals surface area (Å²) >= 11 is 7.79. The van der Waals surface area contributed by atoms with Crippen molar-refractivity contribution in [3.63, 3.8) is 0 Å². The van der Waals surface area contributed by atoms with Gasteiger partial charge in [0.15, 0.2) is 4.96 Å². The number of aromatic hydroxyl groups is 1. The summed E-state index contributed by atoms with van der Waals surface area (Å²) < 4.78 is 15.1. The molecule has 0 spiro atoms. The van der Waals surface area contributed by atoms with E-state index in [1.165, 1.54) is 9.80 Å². The molecule has 0 saturated carbocycles. The lowest BCUT2D eigenvalue weighted by molar-refractivity contribution is 0.178. The highest BCUT2D eigenvalue weighted by atomic mass is 35.5. The van der Waals surface area contributed by atoms with E-state index in [-0.39, 0.29) is 23.9 Å². The molecule has 6 rings (SSSR count). The number of ether oxygens (including phenoxy) is 2. The number of fused-ring (bicyclic) bond motifs is 3. The highest BCUT2D eigenvalue weighted by molar-refractivity contribution is 7.23. The fraction of sp³-hybridized carbons (Fsp3) is 0.219. The van der Waals surface area contributed by atoms with Crippen molar-refractivity contribution < 1.29 is 19.4 Å². The number of thiazole rings is 1. The maximum atomic E-state index is 12.9. The number of benzene rings is 3. The molecule has 3 aromatic carbocycles. The van der Waals surface area contributed by atoms with Crippen molar-refractivity contribution in [1.29, 1.82) is 0 Å². The number of aromatic nitrogens is 4. The number of halogens is 1. The van der Waals surface area contributed by atoms with Crippen LogP contribution in [0.3, 0.4) is 0 Å². The molecule has 3 aromatic heterocycles. The third-order valence-electron chi connectivity index (χ3n) is 7.18. The standard InChI is InChI=1S/C32H31ClN6O4S/c1-32(2,3)28-21(20-11-9-12-22(33)27(20)40)17-38(36-28)37(30(34)41)16-19-10-5-7-14-25(19)43-29-24(18-42-4)39-23-13-6-8-15-26(23)44-31(39)35-29/h5-15,17,40H,16,18H2,1-4H3,(H2,34,41). The van der Waals surface area contributed by atoms with Gasteiger partial charge >= 0.3 is 6.03 Å². The Morgan fingerprint density at radius 1 is 1.07 bits per heavy atom. The van der Waals surface area contributed by atoms with Crippen molar-refractivity contribution in [2.75, 3.05) is 12.1 Å². The summed E-state index contributed by atoms with van der Waals surface area (Å²) in [5.74, 6) is 0.847. The number of methoxy groups -OCH3 is 1. The van der Waals surface area contributed by atoms with Gasteiger partial charge in [-0.25, -0.2) is 9.80 Å². The molecule has 0 aliphatic heterocycles. The minimum atomic E-state index is -0.723.